The molecule has 0 unspecified atom stereocenters. The molecular weight excluding hydrogens is 308 g/mol. The van der Waals surface area contributed by atoms with Gasteiger partial charge in [-0.15, -0.1) is 0 Å². The van der Waals surface area contributed by atoms with Crippen LogP contribution < -0.4 is 10.1 Å². The van der Waals surface area contributed by atoms with Crippen molar-refractivity contribution < 1.29 is 4.74 Å². The summed E-state index contributed by atoms with van der Waals surface area (Å²) in [4.78, 5) is 4.33. The monoisotopic (exact) mass is 332 g/mol. The van der Waals surface area contributed by atoms with Gasteiger partial charge in [-0.25, -0.2) is 0 Å². The number of nitrogens with zero attached hydrogens (tertiary/aromatic N) is 1. The first kappa shape index (κ1) is 17.8. The smallest absolute Gasteiger partial charge is 0.141 e. The molecule has 124 valence electrons. The van der Waals surface area contributed by atoms with Crippen molar-refractivity contribution in [3.8, 4) is 5.75 Å². The molecule has 3 rings (SSSR count). The van der Waals surface area contributed by atoms with Crippen molar-refractivity contribution in [2.75, 3.05) is 19.7 Å². The van der Waals surface area contributed by atoms with E-state index in [1.165, 1.54) is 11.1 Å². The van der Waals surface area contributed by atoms with Gasteiger partial charge >= 0.3 is 0 Å². The van der Waals surface area contributed by atoms with Gasteiger partial charge in [0.1, 0.15) is 5.75 Å². The Kier molecular flexibility index (Phi) is 6.87. The minimum atomic E-state index is 0. The molecule has 1 aliphatic rings. The van der Waals surface area contributed by atoms with E-state index in [-0.39, 0.29) is 7.43 Å². The third kappa shape index (κ3) is 4.69. The normalized spacial score (nSPS) is 13.6. The predicted octanol–water partition coefficient (Wildman–Crippen LogP) is 4.07. The highest BCUT2D eigenvalue weighted by Gasteiger charge is 2.15. The maximum atomic E-state index is 6.35. The van der Waals surface area contributed by atoms with E-state index < -0.39 is 0 Å². The van der Waals surface area contributed by atoms with Gasteiger partial charge in [-0.2, -0.15) is 0 Å². The van der Waals surface area contributed by atoms with E-state index in [0.717, 1.165) is 55.2 Å². The molecule has 2 heterocycles. The van der Waals surface area contributed by atoms with E-state index in [9.17, 15) is 0 Å². The molecule has 0 atom stereocenters. The topological polar surface area (TPSA) is 34.1 Å². The number of ether oxygens (including phenoxy) is 1. The second kappa shape index (κ2) is 8.90. The summed E-state index contributed by atoms with van der Waals surface area (Å²) < 4.78 is 6.02. The summed E-state index contributed by atoms with van der Waals surface area (Å²) in [6.45, 7) is 2.67. The van der Waals surface area contributed by atoms with Crippen LogP contribution in [-0.4, -0.2) is 24.7 Å². The molecule has 0 amide bonds. The van der Waals surface area contributed by atoms with E-state index >= 15 is 0 Å². The zero-order valence-electron chi connectivity index (χ0n) is 12.6. The van der Waals surface area contributed by atoms with Gasteiger partial charge in [0.05, 0.1) is 11.6 Å². The first-order valence-electron chi connectivity index (χ1n) is 7.88. The van der Waals surface area contributed by atoms with Crippen LogP contribution in [0.4, 0.5) is 0 Å². The summed E-state index contributed by atoms with van der Waals surface area (Å²) in [5.41, 5.74) is 3.73. The minimum Gasteiger partial charge on any atom is -0.492 e. The van der Waals surface area contributed by atoms with E-state index in [1.807, 2.05) is 30.5 Å². The Bertz CT molecular complexity index is 616. The quantitative estimate of drug-likeness (QED) is 0.838. The summed E-state index contributed by atoms with van der Waals surface area (Å²) >= 11 is 6.35. The fourth-order valence-electron chi connectivity index (χ4n) is 2.84. The average Bonchev–Trinajstić information content (AvgIpc) is 2.79. The lowest BCUT2D eigenvalue weighted by Gasteiger charge is -2.15. The van der Waals surface area contributed by atoms with Crippen LogP contribution in [-0.2, 0) is 19.3 Å². The SMILES string of the molecule is C.Clc1ccc2c(c1OCCCc1ccccn1)CCNCC2. The Hall–Kier alpha value is -1.58. The molecule has 0 radical (unpaired) electrons. The molecule has 1 aliphatic heterocycles. The second-order valence-electron chi connectivity index (χ2n) is 5.54. The number of hydrogen-bond acceptors (Lipinski definition) is 3. The van der Waals surface area contributed by atoms with Gasteiger partial charge in [0.25, 0.3) is 0 Å². The van der Waals surface area contributed by atoms with E-state index in [2.05, 4.69) is 16.4 Å². The highest BCUT2D eigenvalue weighted by atomic mass is 35.5. The van der Waals surface area contributed by atoms with Crippen molar-refractivity contribution >= 4 is 11.6 Å². The number of aromatic nitrogens is 1. The molecule has 4 heteroatoms. The van der Waals surface area contributed by atoms with Crippen LogP contribution in [0.3, 0.4) is 0 Å². The van der Waals surface area contributed by atoms with Crippen molar-refractivity contribution in [2.24, 2.45) is 0 Å². The number of hydrogen-bond donors (Lipinski definition) is 1. The first-order valence-corrected chi connectivity index (χ1v) is 8.26. The zero-order chi connectivity index (χ0) is 15.2. The Morgan fingerprint density at radius 3 is 2.83 bits per heavy atom. The molecule has 0 spiro atoms. The lowest BCUT2D eigenvalue weighted by atomic mass is 10.0. The van der Waals surface area contributed by atoms with Gasteiger partial charge in [-0.3, -0.25) is 4.98 Å². The Balaban J connectivity index is 0.00000192. The Morgan fingerprint density at radius 1 is 1.13 bits per heavy atom. The van der Waals surface area contributed by atoms with Gasteiger partial charge in [0, 0.05) is 17.5 Å². The standard InChI is InChI=1S/C18H21ClN2O.CH4/c19-17-7-6-14-8-11-20-12-9-16(14)18(17)22-13-3-5-15-4-1-2-10-21-15;/h1-2,4,6-7,10,20H,3,5,8-9,11-13H2;1H4. The number of aryl methyl sites for hydroxylation is 1. The highest BCUT2D eigenvalue weighted by Crippen LogP contribution is 2.33. The molecule has 1 aromatic heterocycles. The van der Waals surface area contributed by atoms with Gasteiger partial charge in [0.15, 0.2) is 0 Å². The van der Waals surface area contributed by atoms with Crippen LogP contribution >= 0.6 is 11.6 Å². The predicted molar refractivity (Wildman–Crippen MR) is 96.5 cm³/mol. The molecule has 2 aromatic rings. The average molecular weight is 333 g/mol. The molecule has 0 fully saturated rings. The second-order valence-corrected chi connectivity index (χ2v) is 5.94. The minimum absolute atomic E-state index is 0. The van der Waals surface area contributed by atoms with Gasteiger partial charge in [-0.05, 0) is 62.5 Å². The molecule has 0 aliphatic carbocycles. The first-order chi connectivity index (χ1) is 10.8. The fourth-order valence-corrected chi connectivity index (χ4v) is 3.07. The largest absolute Gasteiger partial charge is 0.492 e. The van der Waals surface area contributed by atoms with Crippen molar-refractivity contribution in [1.29, 1.82) is 0 Å². The van der Waals surface area contributed by atoms with Crippen LogP contribution in [0.2, 0.25) is 5.02 Å². The van der Waals surface area contributed by atoms with Crippen LogP contribution in [0, 0.1) is 0 Å². The number of fused-ring (bicyclic) bond motifs is 1. The van der Waals surface area contributed by atoms with Crippen molar-refractivity contribution in [3.63, 3.8) is 0 Å². The van der Waals surface area contributed by atoms with Crippen LogP contribution in [0.15, 0.2) is 36.5 Å². The lowest BCUT2D eigenvalue weighted by molar-refractivity contribution is 0.307. The third-order valence-electron chi connectivity index (χ3n) is 3.98. The third-order valence-corrected chi connectivity index (χ3v) is 4.28. The summed E-state index contributed by atoms with van der Waals surface area (Å²) in [6, 6.07) is 10.1. The molecule has 1 N–H and O–H groups in total. The van der Waals surface area contributed by atoms with Gasteiger partial charge < -0.3 is 10.1 Å². The van der Waals surface area contributed by atoms with Crippen LogP contribution in [0.25, 0.3) is 0 Å². The molecule has 1 aromatic carbocycles. The number of pyridine rings is 1. The summed E-state index contributed by atoms with van der Waals surface area (Å²) in [5.74, 6) is 0.879. The summed E-state index contributed by atoms with van der Waals surface area (Å²) in [6.07, 6.45) is 5.71. The van der Waals surface area contributed by atoms with E-state index in [4.69, 9.17) is 16.3 Å². The van der Waals surface area contributed by atoms with Crippen molar-refractivity contribution in [3.05, 3.63) is 58.4 Å². The molecule has 0 bridgehead atoms. The molecule has 3 nitrogen and oxygen atoms in total. The Morgan fingerprint density at radius 2 is 2.00 bits per heavy atom. The van der Waals surface area contributed by atoms with Crippen LogP contribution in [0.5, 0.6) is 5.75 Å². The number of halogens is 1. The maximum Gasteiger partial charge on any atom is 0.141 e. The zero-order valence-corrected chi connectivity index (χ0v) is 13.4. The molecule has 23 heavy (non-hydrogen) atoms. The number of benzene rings is 1. The van der Waals surface area contributed by atoms with Crippen LogP contribution in [0.1, 0.15) is 30.7 Å². The Labute approximate surface area is 144 Å². The lowest BCUT2D eigenvalue weighted by Crippen LogP contribution is -2.16. The molecule has 0 saturated carbocycles. The fraction of sp³-hybridized carbons (Fsp3) is 0.421. The summed E-state index contributed by atoms with van der Waals surface area (Å²) in [5, 5.41) is 4.14. The van der Waals surface area contributed by atoms with E-state index in [1.54, 1.807) is 0 Å². The van der Waals surface area contributed by atoms with Gasteiger partial charge in [0.2, 0.25) is 0 Å². The highest BCUT2D eigenvalue weighted by molar-refractivity contribution is 6.32. The van der Waals surface area contributed by atoms with E-state index in [0.29, 0.717) is 6.61 Å². The van der Waals surface area contributed by atoms with Crippen molar-refractivity contribution in [1.82, 2.24) is 10.3 Å². The maximum absolute atomic E-state index is 6.35. The molecule has 0 saturated heterocycles. The molecular formula is C19H25ClN2O. The number of rotatable bonds is 5. The van der Waals surface area contributed by atoms with Crippen molar-refractivity contribution in [2.45, 2.75) is 33.1 Å². The number of nitrogens with one attached hydrogen (secondary N) is 1. The van der Waals surface area contributed by atoms with Gasteiger partial charge in [-0.1, -0.05) is 31.2 Å². The summed E-state index contributed by atoms with van der Waals surface area (Å²) in [7, 11) is 0.